The average molecular weight is 342 g/mol. The van der Waals surface area contributed by atoms with Gasteiger partial charge in [0.15, 0.2) is 0 Å². The van der Waals surface area contributed by atoms with Crippen LogP contribution in [0.4, 0.5) is 14.5 Å². The average Bonchev–Trinajstić information content (AvgIpc) is 3.37. The minimum atomic E-state index is -0.471. The summed E-state index contributed by atoms with van der Waals surface area (Å²) in [6, 6.07) is 9.19. The van der Waals surface area contributed by atoms with Crippen LogP contribution in [-0.2, 0) is 11.2 Å². The van der Waals surface area contributed by atoms with Gasteiger partial charge in [-0.15, -0.1) is 0 Å². The van der Waals surface area contributed by atoms with E-state index >= 15 is 0 Å². The Labute approximate surface area is 145 Å². The highest BCUT2D eigenvalue weighted by Gasteiger charge is 2.46. The van der Waals surface area contributed by atoms with E-state index in [0.29, 0.717) is 12.0 Å². The lowest BCUT2D eigenvalue weighted by atomic mass is 9.87. The zero-order chi connectivity index (χ0) is 17.6. The third-order valence-electron chi connectivity index (χ3n) is 5.28. The highest BCUT2D eigenvalue weighted by molar-refractivity contribution is 5.83. The van der Waals surface area contributed by atoms with Crippen molar-refractivity contribution < 1.29 is 13.6 Å². The van der Waals surface area contributed by atoms with Crippen LogP contribution in [0, 0.1) is 17.6 Å². The monoisotopic (exact) mass is 342 g/mol. The second-order valence-electron chi connectivity index (χ2n) is 7.03. The van der Waals surface area contributed by atoms with Crippen LogP contribution >= 0.6 is 0 Å². The fourth-order valence-corrected chi connectivity index (χ4v) is 3.89. The summed E-state index contributed by atoms with van der Waals surface area (Å²) in [7, 11) is 0. The van der Waals surface area contributed by atoms with E-state index in [9.17, 15) is 13.6 Å². The largest absolute Gasteiger partial charge is 0.399 e. The Morgan fingerprint density at radius 3 is 2.80 bits per heavy atom. The fraction of sp³-hybridized carbons (Fsp3) is 0.350. The molecule has 2 aliphatic carbocycles. The van der Waals surface area contributed by atoms with Crippen molar-refractivity contribution in [3.63, 3.8) is 0 Å². The van der Waals surface area contributed by atoms with Crippen molar-refractivity contribution in [3.8, 4) is 0 Å². The van der Waals surface area contributed by atoms with Gasteiger partial charge >= 0.3 is 0 Å². The minimum Gasteiger partial charge on any atom is -0.399 e. The number of hydrogen-bond donors (Lipinski definition) is 2. The second kappa shape index (κ2) is 6.14. The summed E-state index contributed by atoms with van der Waals surface area (Å²) in [5.74, 6) is -1.51. The number of benzene rings is 2. The summed E-state index contributed by atoms with van der Waals surface area (Å²) in [6.07, 6.45) is 3.41. The first-order chi connectivity index (χ1) is 12.0. The van der Waals surface area contributed by atoms with E-state index in [1.807, 2.05) is 18.2 Å². The number of nitrogens with one attached hydrogen (secondary N) is 1. The standard InChI is InChI=1S/C20H20F2N2O/c21-12-4-7-18(22)16(9-12)15-10-17(15)20(25)24-19-3-1-2-11-8-13(23)5-6-14(11)19/h4-9,15,17,19H,1-3,10,23H2,(H,24,25). The van der Waals surface area contributed by atoms with Gasteiger partial charge in [-0.2, -0.15) is 0 Å². The van der Waals surface area contributed by atoms with E-state index < -0.39 is 11.6 Å². The molecule has 3 atom stereocenters. The third-order valence-corrected chi connectivity index (χ3v) is 5.28. The molecule has 2 aromatic carbocycles. The van der Waals surface area contributed by atoms with Crippen molar-refractivity contribution >= 4 is 11.6 Å². The van der Waals surface area contributed by atoms with E-state index in [2.05, 4.69) is 5.32 Å². The van der Waals surface area contributed by atoms with Crippen LogP contribution in [0.5, 0.6) is 0 Å². The highest BCUT2D eigenvalue weighted by atomic mass is 19.1. The lowest BCUT2D eigenvalue weighted by Gasteiger charge is -2.26. The molecule has 3 nitrogen and oxygen atoms in total. The quantitative estimate of drug-likeness (QED) is 0.833. The van der Waals surface area contributed by atoms with Gasteiger partial charge in [0.05, 0.1) is 6.04 Å². The lowest BCUT2D eigenvalue weighted by molar-refractivity contribution is -0.123. The maximum atomic E-state index is 13.9. The van der Waals surface area contributed by atoms with Gasteiger partial charge in [0, 0.05) is 11.6 Å². The molecule has 0 radical (unpaired) electrons. The van der Waals surface area contributed by atoms with Gasteiger partial charge in [-0.05, 0) is 78.6 Å². The Bertz CT molecular complexity index is 836. The zero-order valence-corrected chi connectivity index (χ0v) is 13.8. The van der Waals surface area contributed by atoms with Gasteiger partial charge in [0.25, 0.3) is 0 Å². The van der Waals surface area contributed by atoms with E-state index in [4.69, 9.17) is 5.73 Å². The van der Waals surface area contributed by atoms with E-state index in [0.717, 1.165) is 42.6 Å². The summed E-state index contributed by atoms with van der Waals surface area (Å²) >= 11 is 0. The first-order valence-electron chi connectivity index (χ1n) is 8.66. The van der Waals surface area contributed by atoms with Crippen LogP contribution in [0.3, 0.4) is 0 Å². The number of nitrogens with two attached hydrogens (primary N) is 1. The predicted molar refractivity (Wildman–Crippen MR) is 91.9 cm³/mol. The fourth-order valence-electron chi connectivity index (χ4n) is 3.89. The van der Waals surface area contributed by atoms with Crippen molar-refractivity contribution in [2.45, 2.75) is 37.6 Å². The first-order valence-corrected chi connectivity index (χ1v) is 8.66. The Balaban J connectivity index is 1.47. The van der Waals surface area contributed by atoms with Crippen LogP contribution in [0.2, 0.25) is 0 Å². The van der Waals surface area contributed by atoms with Crippen LogP contribution in [-0.4, -0.2) is 5.91 Å². The molecule has 1 saturated carbocycles. The first kappa shape index (κ1) is 16.1. The molecular weight excluding hydrogens is 322 g/mol. The number of nitrogen functional groups attached to an aromatic ring is 1. The molecule has 25 heavy (non-hydrogen) atoms. The number of anilines is 1. The maximum absolute atomic E-state index is 13.9. The molecule has 0 aromatic heterocycles. The lowest BCUT2D eigenvalue weighted by Crippen LogP contribution is -2.32. The molecule has 0 bridgehead atoms. The number of halogens is 2. The number of hydrogen-bond acceptors (Lipinski definition) is 2. The molecule has 1 amide bonds. The number of carbonyl (C=O) groups is 1. The molecular formula is C20H20F2N2O. The number of rotatable bonds is 3. The Hall–Kier alpha value is -2.43. The topological polar surface area (TPSA) is 55.1 Å². The van der Waals surface area contributed by atoms with E-state index in [1.165, 1.54) is 11.6 Å². The smallest absolute Gasteiger partial charge is 0.224 e. The van der Waals surface area contributed by atoms with E-state index in [-0.39, 0.29) is 23.8 Å². The maximum Gasteiger partial charge on any atom is 0.224 e. The van der Waals surface area contributed by atoms with Crippen molar-refractivity contribution in [3.05, 3.63) is 64.7 Å². The zero-order valence-electron chi connectivity index (χ0n) is 13.8. The Morgan fingerprint density at radius 1 is 1.12 bits per heavy atom. The van der Waals surface area contributed by atoms with E-state index in [1.54, 1.807) is 0 Å². The molecule has 0 saturated heterocycles. The Kier molecular flexibility index (Phi) is 3.94. The summed E-state index contributed by atoms with van der Waals surface area (Å²) in [4.78, 5) is 12.6. The van der Waals surface area contributed by atoms with Gasteiger partial charge in [0.2, 0.25) is 5.91 Å². The number of amides is 1. The molecule has 2 aliphatic rings. The molecule has 1 fully saturated rings. The molecule has 5 heteroatoms. The number of carbonyl (C=O) groups excluding carboxylic acids is 1. The molecule has 4 rings (SSSR count). The highest BCUT2D eigenvalue weighted by Crippen LogP contribution is 2.49. The molecule has 0 heterocycles. The van der Waals surface area contributed by atoms with Gasteiger partial charge in [-0.1, -0.05) is 6.07 Å². The van der Waals surface area contributed by atoms with Crippen molar-refractivity contribution in [2.75, 3.05) is 5.73 Å². The predicted octanol–water partition coefficient (Wildman–Crippen LogP) is 3.84. The minimum absolute atomic E-state index is 0.0320. The molecule has 3 unspecified atom stereocenters. The number of aryl methyl sites for hydroxylation is 1. The van der Waals surface area contributed by atoms with Crippen LogP contribution in [0.1, 0.15) is 47.9 Å². The van der Waals surface area contributed by atoms with Gasteiger partial charge in [0.1, 0.15) is 11.6 Å². The normalized spacial score (nSPS) is 24.5. The second-order valence-corrected chi connectivity index (χ2v) is 7.03. The van der Waals surface area contributed by atoms with Crippen LogP contribution in [0.15, 0.2) is 36.4 Å². The molecule has 3 N–H and O–H groups in total. The Morgan fingerprint density at radius 2 is 1.96 bits per heavy atom. The number of fused-ring (bicyclic) bond motifs is 1. The summed E-state index contributed by atoms with van der Waals surface area (Å²) in [6.45, 7) is 0. The van der Waals surface area contributed by atoms with Crippen molar-refractivity contribution in [2.24, 2.45) is 5.92 Å². The molecule has 0 spiro atoms. The molecule has 0 aliphatic heterocycles. The van der Waals surface area contributed by atoms with Gasteiger partial charge in [-0.3, -0.25) is 4.79 Å². The summed E-state index contributed by atoms with van der Waals surface area (Å²) < 4.78 is 27.2. The van der Waals surface area contributed by atoms with Gasteiger partial charge in [-0.25, -0.2) is 8.78 Å². The van der Waals surface area contributed by atoms with Crippen LogP contribution in [0.25, 0.3) is 0 Å². The SMILES string of the molecule is Nc1ccc2c(c1)CCCC2NC(=O)C1CC1c1cc(F)ccc1F. The molecule has 2 aromatic rings. The summed E-state index contributed by atoms with van der Waals surface area (Å²) in [5, 5.41) is 3.09. The third kappa shape index (κ3) is 3.11. The molecule has 130 valence electrons. The van der Waals surface area contributed by atoms with Crippen molar-refractivity contribution in [1.82, 2.24) is 5.32 Å². The van der Waals surface area contributed by atoms with Gasteiger partial charge < -0.3 is 11.1 Å². The van der Waals surface area contributed by atoms with Crippen LogP contribution < -0.4 is 11.1 Å². The van der Waals surface area contributed by atoms with Crippen molar-refractivity contribution in [1.29, 1.82) is 0 Å². The summed E-state index contributed by atoms with van der Waals surface area (Å²) in [5.41, 5.74) is 9.17.